The molecular formula is C23H27ClN4O3. The molecule has 1 heterocycles. The Balaban J connectivity index is 1.85. The molecule has 1 aliphatic heterocycles. The third kappa shape index (κ3) is 5.55. The molecule has 0 radical (unpaired) electrons. The van der Waals surface area contributed by atoms with E-state index in [9.17, 15) is 9.59 Å². The van der Waals surface area contributed by atoms with E-state index in [0.29, 0.717) is 11.4 Å². The summed E-state index contributed by atoms with van der Waals surface area (Å²) in [7, 11) is 3.21. The SMILES string of the molecule is COc1ccc(C2=NN(C(=O)CN(C)C(=O)NC(C)C)C(c3ccc(Cl)cc3)C2)cc1. The minimum Gasteiger partial charge on any atom is -0.497 e. The van der Waals surface area contributed by atoms with Crippen molar-refractivity contribution >= 4 is 29.3 Å². The van der Waals surface area contributed by atoms with Gasteiger partial charge in [-0.3, -0.25) is 4.79 Å². The van der Waals surface area contributed by atoms with Gasteiger partial charge in [-0.25, -0.2) is 9.80 Å². The van der Waals surface area contributed by atoms with Gasteiger partial charge in [-0.15, -0.1) is 0 Å². The van der Waals surface area contributed by atoms with E-state index in [0.717, 1.165) is 22.6 Å². The standard InChI is InChI=1S/C23H27ClN4O3/c1-15(2)25-23(30)27(3)14-22(29)28-21(17-5-9-18(24)10-6-17)13-20(26-28)16-7-11-19(31-4)12-8-16/h5-12,15,21H,13-14H2,1-4H3,(H,25,30). The Kier molecular flexibility index (Phi) is 7.17. The van der Waals surface area contributed by atoms with Gasteiger partial charge in [0, 0.05) is 24.5 Å². The molecule has 3 rings (SSSR count). The summed E-state index contributed by atoms with van der Waals surface area (Å²) in [6.45, 7) is 3.66. The first kappa shape index (κ1) is 22.6. The zero-order chi connectivity index (χ0) is 22.5. The first-order valence-electron chi connectivity index (χ1n) is 10.1. The summed E-state index contributed by atoms with van der Waals surface area (Å²) in [5.41, 5.74) is 2.64. The molecule has 2 aromatic rings. The number of benzene rings is 2. The van der Waals surface area contributed by atoms with E-state index in [-0.39, 0.29) is 30.6 Å². The molecule has 1 atom stereocenters. The Morgan fingerprint density at radius 3 is 2.42 bits per heavy atom. The summed E-state index contributed by atoms with van der Waals surface area (Å²) in [5.74, 6) is 0.493. The molecule has 31 heavy (non-hydrogen) atoms. The predicted molar refractivity (Wildman–Crippen MR) is 121 cm³/mol. The van der Waals surface area contributed by atoms with Crippen molar-refractivity contribution < 1.29 is 14.3 Å². The molecule has 8 heteroatoms. The van der Waals surface area contributed by atoms with Crippen molar-refractivity contribution in [3.05, 3.63) is 64.7 Å². The van der Waals surface area contributed by atoms with E-state index in [1.807, 2.05) is 50.2 Å². The molecule has 0 spiro atoms. The van der Waals surface area contributed by atoms with Crippen LogP contribution in [0, 0.1) is 0 Å². The molecule has 3 amide bonds. The summed E-state index contributed by atoms with van der Waals surface area (Å²) >= 11 is 6.04. The van der Waals surface area contributed by atoms with Crippen LogP contribution < -0.4 is 10.1 Å². The summed E-state index contributed by atoms with van der Waals surface area (Å²) in [6, 6.07) is 14.4. The Labute approximate surface area is 187 Å². The van der Waals surface area contributed by atoms with Gasteiger partial charge < -0.3 is 15.0 Å². The number of carbonyl (C=O) groups is 2. The largest absolute Gasteiger partial charge is 0.497 e. The highest BCUT2D eigenvalue weighted by Gasteiger charge is 2.34. The highest BCUT2D eigenvalue weighted by molar-refractivity contribution is 6.30. The first-order valence-corrected chi connectivity index (χ1v) is 10.5. The summed E-state index contributed by atoms with van der Waals surface area (Å²) in [6.07, 6.45) is 0.557. The van der Waals surface area contributed by atoms with Gasteiger partial charge in [-0.05, 0) is 61.4 Å². The fraction of sp³-hybridized carbons (Fsp3) is 0.348. The van der Waals surface area contributed by atoms with Crippen LogP contribution in [0.1, 0.15) is 37.4 Å². The first-order chi connectivity index (χ1) is 14.8. The second kappa shape index (κ2) is 9.83. The molecule has 1 unspecified atom stereocenters. The van der Waals surface area contributed by atoms with Crippen LogP contribution in [-0.4, -0.2) is 54.3 Å². The third-order valence-corrected chi connectivity index (χ3v) is 5.23. The lowest BCUT2D eigenvalue weighted by Crippen LogP contribution is -2.45. The number of likely N-dealkylation sites (N-methyl/N-ethyl adjacent to an activating group) is 1. The lowest BCUT2D eigenvalue weighted by Gasteiger charge is -2.25. The van der Waals surface area contributed by atoms with Gasteiger partial charge in [0.05, 0.1) is 18.9 Å². The number of carbonyl (C=O) groups excluding carboxylic acids is 2. The van der Waals surface area contributed by atoms with Gasteiger partial charge in [0.25, 0.3) is 5.91 Å². The maximum Gasteiger partial charge on any atom is 0.317 e. The molecule has 164 valence electrons. The smallest absolute Gasteiger partial charge is 0.317 e. The Morgan fingerprint density at radius 2 is 1.84 bits per heavy atom. The molecule has 0 saturated heterocycles. The van der Waals surface area contributed by atoms with E-state index in [2.05, 4.69) is 10.4 Å². The summed E-state index contributed by atoms with van der Waals surface area (Å²) in [5, 5.41) is 9.52. The number of hydrogen-bond donors (Lipinski definition) is 1. The Morgan fingerprint density at radius 1 is 1.19 bits per heavy atom. The molecule has 0 saturated carbocycles. The van der Waals surface area contributed by atoms with E-state index in [1.54, 1.807) is 26.3 Å². The average molecular weight is 443 g/mol. The number of nitrogens with zero attached hydrogens (tertiary/aromatic N) is 3. The van der Waals surface area contributed by atoms with Crippen LogP contribution in [0.2, 0.25) is 5.02 Å². The number of urea groups is 1. The third-order valence-electron chi connectivity index (χ3n) is 4.98. The van der Waals surface area contributed by atoms with E-state index in [1.165, 1.54) is 9.91 Å². The molecule has 0 fully saturated rings. The fourth-order valence-corrected chi connectivity index (χ4v) is 3.47. The van der Waals surface area contributed by atoms with E-state index < -0.39 is 0 Å². The topological polar surface area (TPSA) is 74.2 Å². The molecule has 2 aromatic carbocycles. The van der Waals surface area contributed by atoms with Crippen LogP contribution in [-0.2, 0) is 4.79 Å². The Bertz CT molecular complexity index is 958. The minimum atomic E-state index is -0.301. The quantitative estimate of drug-likeness (QED) is 0.732. The molecule has 0 aromatic heterocycles. The number of amides is 3. The molecule has 7 nitrogen and oxygen atoms in total. The van der Waals surface area contributed by atoms with Crippen LogP contribution >= 0.6 is 11.6 Å². The Hall–Kier alpha value is -3.06. The van der Waals surface area contributed by atoms with Crippen molar-refractivity contribution in [1.82, 2.24) is 15.2 Å². The van der Waals surface area contributed by atoms with Gasteiger partial charge in [0.15, 0.2) is 0 Å². The second-order valence-corrected chi connectivity index (χ2v) is 8.18. The lowest BCUT2D eigenvalue weighted by atomic mass is 9.98. The normalized spacial score (nSPS) is 15.6. The van der Waals surface area contributed by atoms with Crippen LogP contribution in [0.25, 0.3) is 0 Å². The van der Waals surface area contributed by atoms with Crippen LogP contribution in [0.4, 0.5) is 4.79 Å². The van der Waals surface area contributed by atoms with E-state index in [4.69, 9.17) is 16.3 Å². The highest BCUT2D eigenvalue weighted by atomic mass is 35.5. The number of nitrogens with one attached hydrogen (secondary N) is 1. The predicted octanol–water partition coefficient (Wildman–Crippen LogP) is 4.08. The fourth-order valence-electron chi connectivity index (χ4n) is 3.35. The van der Waals surface area contributed by atoms with Gasteiger partial charge in [0.2, 0.25) is 0 Å². The highest BCUT2D eigenvalue weighted by Crippen LogP contribution is 2.33. The molecule has 0 bridgehead atoms. The van der Waals surface area contributed by atoms with Gasteiger partial charge in [0.1, 0.15) is 12.3 Å². The van der Waals surface area contributed by atoms with Crippen LogP contribution in [0.15, 0.2) is 53.6 Å². The van der Waals surface area contributed by atoms with Crippen LogP contribution in [0.3, 0.4) is 0 Å². The number of rotatable bonds is 6. The van der Waals surface area contributed by atoms with E-state index >= 15 is 0 Å². The average Bonchev–Trinajstić information content (AvgIpc) is 3.19. The van der Waals surface area contributed by atoms with Crippen molar-refractivity contribution in [2.75, 3.05) is 20.7 Å². The number of hydrogen-bond acceptors (Lipinski definition) is 4. The summed E-state index contributed by atoms with van der Waals surface area (Å²) < 4.78 is 5.23. The van der Waals surface area contributed by atoms with Crippen molar-refractivity contribution in [2.24, 2.45) is 5.10 Å². The van der Waals surface area contributed by atoms with Crippen LogP contribution in [0.5, 0.6) is 5.75 Å². The zero-order valence-corrected chi connectivity index (χ0v) is 18.9. The number of hydrazone groups is 1. The lowest BCUT2D eigenvalue weighted by molar-refractivity contribution is -0.133. The summed E-state index contributed by atoms with van der Waals surface area (Å²) in [4.78, 5) is 26.7. The molecule has 1 aliphatic rings. The zero-order valence-electron chi connectivity index (χ0n) is 18.1. The van der Waals surface area contributed by atoms with Crippen molar-refractivity contribution in [3.8, 4) is 5.75 Å². The van der Waals surface area contributed by atoms with Gasteiger partial charge >= 0.3 is 6.03 Å². The van der Waals surface area contributed by atoms with Crippen molar-refractivity contribution in [3.63, 3.8) is 0 Å². The number of halogens is 1. The number of methoxy groups -OCH3 is 1. The molecule has 0 aliphatic carbocycles. The van der Waals surface area contributed by atoms with Crippen molar-refractivity contribution in [2.45, 2.75) is 32.4 Å². The molecular weight excluding hydrogens is 416 g/mol. The van der Waals surface area contributed by atoms with Gasteiger partial charge in [-0.1, -0.05) is 23.7 Å². The maximum absolute atomic E-state index is 13.1. The monoisotopic (exact) mass is 442 g/mol. The van der Waals surface area contributed by atoms with Crippen molar-refractivity contribution in [1.29, 1.82) is 0 Å². The second-order valence-electron chi connectivity index (χ2n) is 7.75. The maximum atomic E-state index is 13.1. The van der Waals surface area contributed by atoms with Gasteiger partial charge in [-0.2, -0.15) is 5.10 Å². The minimum absolute atomic E-state index is 0.0154. The molecule has 1 N–H and O–H groups in total. The number of ether oxygens (including phenoxy) is 1.